The number of hydrogen-bond acceptors (Lipinski definition) is 3. The number of hydrogen-bond donors (Lipinski definition) is 1. The van der Waals surface area contributed by atoms with E-state index in [1.54, 1.807) is 17.1 Å². The zero-order valence-electron chi connectivity index (χ0n) is 16.8. The van der Waals surface area contributed by atoms with Gasteiger partial charge in [-0.2, -0.15) is 5.10 Å². The Morgan fingerprint density at radius 3 is 2.46 bits per heavy atom. The lowest BCUT2D eigenvalue weighted by atomic mass is 10.1. The normalized spacial score (nSPS) is 11.2. The molecule has 3 rings (SSSR count). The zero-order valence-corrected chi connectivity index (χ0v) is 16.8. The van der Waals surface area contributed by atoms with E-state index in [-0.39, 0.29) is 5.91 Å². The van der Waals surface area contributed by atoms with Crippen LogP contribution in [0, 0.1) is 0 Å². The van der Waals surface area contributed by atoms with Crippen molar-refractivity contribution in [2.24, 2.45) is 0 Å². The molecule has 28 heavy (non-hydrogen) atoms. The first-order valence-electron chi connectivity index (χ1n) is 9.64. The predicted octanol–water partition coefficient (Wildman–Crippen LogP) is 3.70. The van der Waals surface area contributed by atoms with Gasteiger partial charge in [-0.3, -0.25) is 14.4 Å². The first-order valence-corrected chi connectivity index (χ1v) is 9.64. The molecule has 0 saturated carbocycles. The smallest absolute Gasteiger partial charge is 0.254 e. The molecule has 0 unspecified atom stereocenters. The summed E-state index contributed by atoms with van der Waals surface area (Å²) < 4.78 is 1.79. The van der Waals surface area contributed by atoms with Crippen molar-refractivity contribution in [2.75, 3.05) is 7.05 Å². The average Bonchev–Trinajstić information content (AvgIpc) is 3.16. The first kappa shape index (κ1) is 19.8. The maximum Gasteiger partial charge on any atom is 0.254 e. The highest BCUT2D eigenvalue weighted by molar-refractivity contribution is 5.93. The van der Waals surface area contributed by atoms with Crippen LogP contribution in [0.25, 0.3) is 0 Å². The lowest BCUT2D eigenvalue weighted by molar-refractivity contribution is 0.0950. The van der Waals surface area contributed by atoms with Crippen LogP contribution >= 0.6 is 0 Å². The van der Waals surface area contributed by atoms with Gasteiger partial charge in [0.25, 0.3) is 5.91 Å². The molecule has 1 heterocycles. The SMILES string of the molecule is CC(C)N(C)Cc1ccccc1CNC(=O)c1cnn(Cc2ccccc2)c1. The van der Waals surface area contributed by atoms with Gasteiger partial charge in [-0.15, -0.1) is 0 Å². The molecule has 0 aliphatic heterocycles. The van der Waals surface area contributed by atoms with E-state index in [9.17, 15) is 4.79 Å². The number of nitrogens with zero attached hydrogens (tertiary/aromatic N) is 3. The molecule has 1 amide bonds. The van der Waals surface area contributed by atoms with E-state index in [0.29, 0.717) is 24.7 Å². The van der Waals surface area contributed by atoms with Crippen molar-refractivity contribution >= 4 is 5.91 Å². The number of rotatable bonds is 8. The number of aromatic nitrogens is 2. The van der Waals surface area contributed by atoms with Crippen LogP contribution in [-0.4, -0.2) is 33.7 Å². The first-order chi connectivity index (χ1) is 13.5. The molecule has 5 heteroatoms. The van der Waals surface area contributed by atoms with Crippen LogP contribution < -0.4 is 5.32 Å². The van der Waals surface area contributed by atoms with Gasteiger partial charge in [0.15, 0.2) is 0 Å². The fourth-order valence-electron chi connectivity index (χ4n) is 2.95. The minimum Gasteiger partial charge on any atom is -0.348 e. The second-order valence-corrected chi connectivity index (χ2v) is 7.37. The lowest BCUT2D eigenvalue weighted by Crippen LogP contribution is -2.27. The van der Waals surface area contributed by atoms with Gasteiger partial charge in [-0.25, -0.2) is 0 Å². The van der Waals surface area contributed by atoms with E-state index in [2.05, 4.69) is 48.3 Å². The summed E-state index contributed by atoms with van der Waals surface area (Å²) in [7, 11) is 2.11. The third-order valence-electron chi connectivity index (χ3n) is 4.94. The molecule has 5 nitrogen and oxygen atoms in total. The lowest BCUT2D eigenvalue weighted by Gasteiger charge is -2.22. The molecule has 1 aromatic heterocycles. The van der Waals surface area contributed by atoms with Crippen molar-refractivity contribution in [3.05, 3.63) is 89.2 Å². The molecule has 2 aromatic carbocycles. The van der Waals surface area contributed by atoms with Gasteiger partial charge in [0, 0.05) is 25.3 Å². The predicted molar refractivity (Wildman–Crippen MR) is 112 cm³/mol. The maximum atomic E-state index is 12.6. The van der Waals surface area contributed by atoms with Gasteiger partial charge in [-0.1, -0.05) is 54.6 Å². The Labute approximate surface area is 167 Å². The highest BCUT2D eigenvalue weighted by Crippen LogP contribution is 2.13. The monoisotopic (exact) mass is 376 g/mol. The van der Waals surface area contributed by atoms with Crippen molar-refractivity contribution in [1.82, 2.24) is 20.0 Å². The quantitative estimate of drug-likeness (QED) is 0.652. The van der Waals surface area contributed by atoms with Gasteiger partial charge < -0.3 is 5.32 Å². The third-order valence-corrected chi connectivity index (χ3v) is 4.94. The summed E-state index contributed by atoms with van der Waals surface area (Å²) >= 11 is 0. The summed E-state index contributed by atoms with van der Waals surface area (Å²) in [5.74, 6) is -0.105. The molecule has 146 valence electrons. The average molecular weight is 377 g/mol. The van der Waals surface area contributed by atoms with Crippen LogP contribution in [-0.2, 0) is 19.6 Å². The van der Waals surface area contributed by atoms with Crippen molar-refractivity contribution in [1.29, 1.82) is 0 Å². The largest absolute Gasteiger partial charge is 0.348 e. The Bertz CT molecular complexity index is 902. The van der Waals surface area contributed by atoms with Gasteiger partial charge in [0.2, 0.25) is 0 Å². The fraction of sp³-hybridized carbons (Fsp3) is 0.304. The van der Waals surface area contributed by atoms with Crippen LogP contribution in [0.5, 0.6) is 0 Å². The Morgan fingerprint density at radius 1 is 1.07 bits per heavy atom. The zero-order chi connectivity index (χ0) is 19.9. The van der Waals surface area contributed by atoms with Gasteiger partial charge in [0.1, 0.15) is 0 Å². The molecular formula is C23H28N4O. The Balaban J connectivity index is 1.60. The Morgan fingerprint density at radius 2 is 1.75 bits per heavy atom. The summed E-state index contributed by atoms with van der Waals surface area (Å²) in [6.45, 7) is 6.37. The van der Waals surface area contributed by atoms with Crippen LogP contribution in [0.2, 0.25) is 0 Å². The minimum absolute atomic E-state index is 0.105. The van der Waals surface area contributed by atoms with Crippen molar-refractivity contribution in [3.63, 3.8) is 0 Å². The summed E-state index contributed by atoms with van der Waals surface area (Å²) in [5, 5.41) is 7.34. The van der Waals surface area contributed by atoms with E-state index in [1.807, 2.05) is 42.5 Å². The second kappa shape index (κ2) is 9.33. The minimum atomic E-state index is -0.105. The molecule has 1 N–H and O–H groups in total. The number of amides is 1. The summed E-state index contributed by atoms with van der Waals surface area (Å²) in [5.41, 5.74) is 4.10. The molecule has 0 spiro atoms. The van der Waals surface area contributed by atoms with Crippen molar-refractivity contribution < 1.29 is 4.79 Å². The highest BCUT2D eigenvalue weighted by Gasteiger charge is 2.11. The van der Waals surface area contributed by atoms with Gasteiger partial charge in [-0.05, 0) is 37.6 Å². The standard InChI is InChI=1S/C23H28N4O/c1-18(2)26(3)16-21-12-8-7-11-20(21)13-24-23(28)22-14-25-27(17-22)15-19-9-5-4-6-10-19/h4-12,14,17-18H,13,15-16H2,1-3H3,(H,24,28). The van der Waals surface area contributed by atoms with E-state index in [1.165, 1.54) is 5.56 Å². The molecule has 0 aliphatic rings. The maximum absolute atomic E-state index is 12.6. The molecule has 0 bridgehead atoms. The molecular weight excluding hydrogens is 348 g/mol. The molecule has 0 saturated heterocycles. The highest BCUT2D eigenvalue weighted by atomic mass is 16.1. The molecule has 3 aromatic rings. The summed E-state index contributed by atoms with van der Waals surface area (Å²) in [6.07, 6.45) is 3.41. The van der Waals surface area contributed by atoms with Crippen LogP contribution in [0.15, 0.2) is 67.0 Å². The van der Waals surface area contributed by atoms with Crippen LogP contribution in [0.4, 0.5) is 0 Å². The number of nitrogens with one attached hydrogen (secondary N) is 1. The molecule has 0 radical (unpaired) electrons. The topological polar surface area (TPSA) is 50.2 Å². The van der Waals surface area contributed by atoms with Crippen LogP contribution in [0.3, 0.4) is 0 Å². The van der Waals surface area contributed by atoms with E-state index in [4.69, 9.17) is 0 Å². The number of carbonyl (C=O) groups excluding carboxylic acids is 1. The van der Waals surface area contributed by atoms with Crippen molar-refractivity contribution in [2.45, 2.75) is 39.5 Å². The fourth-order valence-corrected chi connectivity index (χ4v) is 2.95. The molecule has 0 atom stereocenters. The van der Waals surface area contributed by atoms with E-state index < -0.39 is 0 Å². The van der Waals surface area contributed by atoms with Gasteiger partial charge >= 0.3 is 0 Å². The summed E-state index contributed by atoms with van der Waals surface area (Å²) in [4.78, 5) is 14.8. The number of benzene rings is 2. The number of carbonyl (C=O) groups is 1. The Kier molecular flexibility index (Phi) is 6.61. The summed E-state index contributed by atoms with van der Waals surface area (Å²) in [6, 6.07) is 18.8. The van der Waals surface area contributed by atoms with E-state index in [0.717, 1.165) is 17.7 Å². The Hall–Kier alpha value is -2.92. The molecule has 0 aliphatic carbocycles. The van der Waals surface area contributed by atoms with E-state index >= 15 is 0 Å². The molecule has 0 fully saturated rings. The van der Waals surface area contributed by atoms with Gasteiger partial charge in [0.05, 0.1) is 18.3 Å². The second-order valence-electron chi connectivity index (χ2n) is 7.37. The van der Waals surface area contributed by atoms with Crippen LogP contribution in [0.1, 0.15) is 40.9 Å². The van der Waals surface area contributed by atoms with Crippen molar-refractivity contribution in [3.8, 4) is 0 Å². The third kappa shape index (κ3) is 5.30.